The molecule has 2 aromatic carbocycles. The molecule has 0 heterocycles. The molecule has 31 heavy (non-hydrogen) atoms. The highest BCUT2D eigenvalue weighted by Gasteiger charge is 2.20. The van der Waals surface area contributed by atoms with Crippen molar-refractivity contribution in [2.45, 2.75) is 32.2 Å². The van der Waals surface area contributed by atoms with Crippen LogP contribution in [0.2, 0.25) is 0 Å². The Hall–Kier alpha value is -2.91. The van der Waals surface area contributed by atoms with E-state index in [0.717, 1.165) is 19.1 Å². The maximum atomic E-state index is 12.5. The molecule has 0 unspecified atom stereocenters. The molecule has 0 aliphatic carbocycles. The van der Waals surface area contributed by atoms with E-state index in [0.29, 0.717) is 29.2 Å². The molecule has 2 N–H and O–H groups in total. The first-order valence-corrected chi connectivity index (χ1v) is 11.8. The number of rotatable bonds is 11. The summed E-state index contributed by atoms with van der Waals surface area (Å²) in [7, 11) is -2.01. The second-order valence-corrected chi connectivity index (χ2v) is 8.81. The Balaban J connectivity index is 2.03. The van der Waals surface area contributed by atoms with E-state index in [9.17, 15) is 18.0 Å². The van der Waals surface area contributed by atoms with Gasteiger partial charge in [-0.25, -0.2) is 17.9 Å². The predicted octanol–water partition coefficient (Wildman–Crippen LogP) is 3.27. The lowest BCUT2D eigenvalue weighted by Crippen LogP contribution is -2.30. The summed E-state index contributed by atoms with van der Waals surface area (Å²) in [4.78, 5) is 24.5. The Bertz CT molecular complexity index is 972. The van der Waals surface area contributed by atoms with Gasteiger partial charge in [0.2, 0.25) is 15.9 Å². The molecule has 2 rings (SSSR count). The zero-order valence-electron chi connectivity index (χ0n) is 17.9. The number of nitrogens with one attached hydrogen (secondary N) is 2. The van der Waals surface area contributed by atoms with Gasteiger partial charge in [0.15, 0.2) is 0 Å². The third-order valence-electron chi connectivity index (χ3n) is 4.40. The molecule has 2 aromatic rings. The number of anilines is 1. The van der Waals surface area contributed by atoms with E-state index in [2.05, 4.69) is 10.0 Å². The average molecular weight is 449 g/mol. The topological polar surface area (TPSA) is 111 Å². The van der Waals surface area contributed by atoms with E-state index < -0.39 is 22.0 Å². The van der Waals surface area contributed by atoms with Crippen LogP contribution in [0.15, 0.2) is 48.5 Å². The summed E-state index contributed by atoms with van der Waals surface area (Å²) in [5, 5.41) is 2.72. The maximum Gasteiger partial charge on any atom is 0.338 e. The lowest BCUT2D eigenvalue weighted by molar-refractivity contribution is -0.116. The van der Waals surface area contributed by atoms with Gasteiger partial charge in [0.05, 0.1) is 31.6 Å². The lowest BCUT2D eigenvalue weighted by atomic mass is 10.0. The van der Waals surface area contributed by atoms with Crippen molar-refractivity contribution in [1.29, 1.82) is 0 Å². The van der Waals surface area contributed by atoms with Crippen molar-refractivity contribution < 1.29 is 27.5 Å². The van der Waals surface area contributed by atoms with Crippen LogP contribution in [0.25, 0.3) is 0 Å². The molecular formula is C22H28N2O6S. The summed E-state index contributed by atoms with van der Waals surface area (Å²) < 4.78 is 36.3. The summed E-state index contributed by atoms with van der Waals surface area (Å²) in [5.41, 5.74) is 1.51. The van der Waals surface area contributed by atoms with Gasteiger partial charge in [0, 0.05) is 12.1 Å². The molecule has 1 amide bonds. The smallest absolute Gasteiger partial charge is 0.338 e. The van der Waals surface area contributed by atoms with Crippen LogP contribution in [0.5, 0.6) is 5.75 Å². The number of hydrogen-bond acceptors (Lipinski definition) is 6. The monoisotopic (exact) mass is 448 g/mol. The number of esters is 1. The van der Waals surface area contributed by atoms with E-state index in [-0.39, 0.29) is 12.3 Å². The van der Waals surface area contributed by atoms with Crippen LogP contribution in [0.4, 0.5) is 5.69 Å². The molecule has 0 fully saturated rings. The van der Waals surface area contributed by atoms with Gasteiger partial charge < -0.3 is 14.8 Å². The van der Waals surface area contributed by atoms with E-state index in [1.807, 2.05) is 6.92 Å². The largest absolute Gasteiger partial charge is 0.497 e. The summed E-state index contributed by atoms with van der Waals surface area (Å²) in [6, 6.07) is 12.4. The fraction of sp³-hybridized carbons (Fsp3) is 0.364. The number of amides is 1. The molecule has 0 aliphatic heterocycles. The van der Waals surface area contributed by atoms with Gasteiger partial charge in [-0.3, -0.25) is 4.79 Å². The van der Waals surface area contributed by atoms with Gasteiger partial charge in [0.25, 0.3) is 0 Å². The highest BCUT2D eigenvalue weighted by atomic mass is 32.2. The quantitative estimate of drug-likeness (QED) is 0.403. The number of methoxy groups -OCH3 is 1. The van der Waals surface area contributed by atoms with Crippen molar-refractivity contribution in [2.24, 2.45) is 0 Å². The molecule has 9 heteroatoms. The molecule has 0 saturated carbocycles. The minimum atomic E-state index is -3.54. The Labute approximate surface area is 183 Å². The second-order valence-electron chi connectivity index (χ2n) is 7.03. The molecule has 0 bridgehead atoms. The van der Waals surface area contributed by atoms with E-state index >= 15 is 0 Å². The zero-order chi connectivity index (χ0) is 22.9. The third-order valence-corrected chi connectivity index (χ3v) is 5.11. The first-order valence-electron chi connectivity index (χ1n) is 9.90. The average Bonchev–Trinajstić information content (AvgIpc) is 2.73. The van der Waals surface area contributed by atoms with Crippen molar-refractivity contribution in [2.75, 3.05) is 25.3 Å². The van der Waals surface area contributed by atoms with Crippen LogP contribution < -0.4 is 14.8 Å². The molecule has 0 spiro atoms. The van der Waals surface area contributed by atoms with Gasteiger partial charge in [-0.05, 0) is 48.4 Å². The minimum absolute atomic E-state index is 0.111. The first-order chi connectivity index (χ1) is 14.7. The summed E-state index contributed by atoms with van der Waals surface area (Å²) in [6.07, 6.45) is 2.67. The fourth-order valence-corrected chi connectivity index (χ4v) is 3.54. The summed E-state index contributed by atoms with van der Waals surface area (Å²) in [5.74, 6) is -0.168. The standard InChI is InChI=1S/C22H28N2O6S/c1-4-5-14-30-22(26)17-6-10-18(11-7-17)23-21(25)15-20(24-31(3,27)28)16-8-12-19(29-2)13-9-16/h6-13,20,24H,4-5,14-15H2,1-3H3,(H,23,25)/t20-/m0/s1. The van der Waals surface area contributed by atoms with Crippen LogP contribution in [0.1, 0.15) is 48.1 Å². The Kier molecular flexibility index (Phi) is 9.02. The molecule has 0 aliphatic rings. The Morgan fingerprint density at radius 1 is 1.03 bits per heavy atom. The van der Waals surface area contributed by atoms with Crippen molar-refractivity contribution in [3.63, 3.8) is 0 Å². The lowest BCUT2D eigenvalue weighted by Gasteiger charge is -2.18. The fourth-order valence-electron chi connectivity index (χ4n) is 2.80. The second kappa shape index (κ2) is 11.5. The van der Waals surface area contributed by atoms with Gasteiger partial charge in [0.1, 0.15) is 5.75 Å². The zero-order valence-corrected chi connectivity index (χ0v) is 18.7. The SMILES string of the molecule is CCCCOC(=O)c1ccc(NC(=O)C[C@H](NS(C)(=O)=O)c2ccc(OC)cc2)cc1. The molecule has 8 nitrogen and oxygen atoms in total. The molecule has 0 aromatic heterocycles. The van der Waals surface area contributed by atoms with E-state index in [4.69, 9.17) is 9.47 Å². The molecule has 1 atom stereocenters. The van der Waals surface area contributed by atoms with Crippen LogP contribution in [-0.4, -0.2) is 40.3 Å². The van der Waals surface area contributed by atoms with Crippen LogP contribution in [0, 0.1) is 0 Å². The number of sulfonamides is 1. The van der Waals surface area contributed by atoms with E-state index in [1.54, 1.807) is 48.5 Å². The normalized spacial score (nSPS) is 12.1. The Morgan fingerprint density at radius 3 is 2.23 bits per heavy atom. The van der Waals surface area contributed by atoms with Crippen LogP contribution >= 0.6 is 0 Å². The van der Waals surface area contributed by atoms with Crippen molar-refractivity contribution in [3.8, 4) is 5.75 Å². The van der Waals surface area contributed by atoms with Crippen molar-refractivity contribution in [3.05, 3.63) is 59.7 Å². The molecule has 0 radical (unpaired) electrons. The highest BCUT2D eigenvalue weighted by molar-refractivity contribution is 7.88. The highest BCUT2D eigenvalue weighted by Crippen LogP contribution is 2.22. The summed E-state index contributed by atoms with van der Waals surface area (Å²) >= 11 is 0. The number of carbonyl (C=O) groups excluding carboxylic acids is 2. The van der Waals surface area contributed by atoms with Gasteiger partial charge in [-0.1, -0.05) is 25.5 Å². The number of hydrogen-bond donors (Lipinski definition) is 2. The predicted molar refractivity (Wildman–Crippen MR) is 119 cm³/mol. The van der Waals surface area contributed by atoms with Crippen molar-refractivity contribution >= 4 is 27.6 Å². The van der Waals surface area contributed by atoms with Crippen molar-refractivity contribution in [1.82, 2.24) is 4.72 Å². The molecule has 168 valence electrons. The van der Waals surface area contributed by atoms with Gasteiger partial charge in [-0.2, -0.15) is 0 Å². The summed E-state index contributed by atoms with van der Waals surface area (Å²) in [6.45, 7) is 2.38. The third kappa shape index (κ3) is 8.39. The van der Waals surface area contributed by atoms with E-state index in [1.165, 1.54) is 7.11 Å². The first kappa shape index (κ1) is 24.4. The van der Waals surface area contributed by atoms with Crippen LogP contribution in [0.3, 0.4) is 0 Å². The number of carbonyl (C=O) groups is 2. The maximum absolute atomic E-state index is 12.5. The van der Waals surface area contributed by atoms with Gasteiger partial charge in [-0.15, -0.1) is 0 Å². The number of unbranched alkanes of at least 4 members (excludes halogenated alkanes) is 1. The molecule has 0 saturated heterocycles. The Morgan fingerprint density at radius 2 is 1.68 bits per heavy atom. The van der Waals surface area contributed by atoms with Gasteiger partial charge >= 0.3 is 5.97 Å². The minimum Gasteiger partial charge on any atom is -0.497 e. The van der Waals surface area contributed by atoms with Crippen LogP contribution in [-0.2, 0) is 19.6 Å². The molecular weight excluding hydrogens is 420 g/mol. The number of ether oxygens (including phenoxy) is 2. The number of benzene rings is 2.